The van der Waals surface area contributed by atoms with Gasteiger partial charge in [-0.3, -0.25) is 14.5 Å². The molecule has 1 aliphatic carbocycles. The molecular formula is C22H21N3O5S. The lowest BCUT2D eigenvalue weighted by Crippen LogP contribution is -2.47. The minimum Gasteiger partial charge on any atom is -0.479 e. The Morgan fingerprint density at radius 1 is 1.39 bits per heavy atom. The van der Waals surface area contributed by atoms with Crippen molar-refractivity contribution < 1.29 is 24.2 Å². The number of carboxylic acid groups (broad SMARTS) is 1. The molecule has 2 amide bonds. The van der Waals surface area contributed by atoms with Gasteiger partial charge in [0.05, 0.1) is 16.8 Å². The van der Waals surface area contributed by atoms with Crippen molar-refractivity contribution in [1.29, 1.82) is 5.26 Å². The number of thiophene rings is 1. The number of fused-ring (bicyclic) bond motifs is 2. The Labute approximate surface area is 183 Å². The number of rotatable bonds is 4. The van der Waals surface area contributed by atoms with E-state index in [1.165, 1.54) is 34.4 Å². The van der Waals surface area contributed by atoms with Crippen LogP contribution in [0.2, 0.25) is 0 Å². The summed E-state index contributed by atoms with van der Waals surface area (Å²) in [7, 11) is 0. The van der Waals surface area contributed by atoms with E-state index in [4.69, 9.17) is 4.74 Å². The normalized spacial score (nSPS) is 19.6. The van der Waals surface area contributed by atoms with E-state index in [0.717, 1.165) is 29.7 Å². The third-order valence-electron chi connectivity index (χ3n) is 5.59. The molecular weight excluding hydrogens is 418 g/mol. The first-order valence-corrected chi connectivity index (χ1v) is 10.8. The molecule has 2 atom stereocenters. The van der Waals surface area contributed by atoms with Crippen LogP contribution in [0.4, 0.5) is 10.7 Å². The number of nitrogens with one attached hydrogen (secondary N) is 1. The monoisotopic (exact) mass is 439 g/mol. The molecule has 1 aliphatic heterocycles. The van der Waals surface area contributed by atoms with Crippen molar-refractivity contribution in [3.05, 3.63) is 39.8 Å². The number of hydrogen-bond acceptors (Lipinski definition) is 6. The van der Waals surface area contributed by atoms with E-state index in [-0.39, 0.29) is 17.9 Å². The third-order valence-corrected chi connectivity index (χ3v) is 6.76. The first-order valence-electron chi connectivity index (χ1n) is 9.98. The van der Waals surface area contributed by atoms with Gasteiger partial charge in [0.15, 0.2) is 6.10 Å². The van der Waals surface area contributed by atoms with E-state index in [2.05, 4.69) is 18.3 Å². The van der Waals surface area contributed by atoms with E-state index >= 15 is 0 Å². The number of carboxylic acids is 1. The highest BCUT2D eigenvalue weighted by Gasteiger charge is 2.34. The first kappa shape index (κ1) is 20.9. The Balaban J connectivity index is 1.58. The molecule has 2 aliphatic rings. The molecule has 2 N–H and O–H groups in total. The summed E-state index contributed by atoms with van der Waals surface area (Å²) >= 11 is 1.42. The minimum absolute atomic E-state index is 0.0294. The fraction of sp³-hybridized carbons (Fsp3) is 0.364. The highest BCUT2D eigenvalue weighted by molar-refractivity contribution is 7.16. The second-order valence-corrected chi connectivity index (χ2v) is 8.99. The summed E-state index contributed by atoms with van der Waals surface area (Å²) in [4.78, 5) is 39.1. The number of ether oxygens (including phenoxy) is 1. The van der Waals surface area contributed by atoms with Crippen molar-refractivity contribution in [3.63, 3.8) is 0 Å². The van der Waals surface area contributed by atoms with Gasteiger partial charge in [-0.25, -0.2) is 4.79 Å². The van der Waals surface area contributed by atoms with Gasteiger partial charge < -0.3 is 15.2 Å². The van der Waals surface area contributed by atoms with Crippen LogP contribution in [0, 0.1) is 17.2 Å². The molecule has 2 aromatic rings. The average molecular weight is 439 g/mol. The smallest absolute Gasteiger partial charge is 0.335 e. The van der Waals surface area contributed by atoms with Crippen LogP contribution in [0.25, 0.3) is 0 Å². The van der Waals surface area contributed by atoms with Crippen LogP contribution in [-0.2, 0) is 22.4 Å². The van der Waals surface area contributed by atoms with Crippen molar-refractivity contribution in [2.24, 2.45) is 5.92 Å². The number of anilines is 2. The maximum atomic E-state index is 12.8. The first-order chi connectivity index (χ1) is 14.8. The van der Waals surface area contributed by atoms with Gasteiger partial charge in [-0.2, -0.15) is 5.26 Å². The molecule has 0 radical (unpaired) electrons. The predicted molar refractivity (Wildman–Crippen MR) is 115 cm³/mol. The lowest BCUT2D eigenvalue weighted by Gasteiger charge is -2.32. The predicted octanol–water partition coefficient (Wildman–Crippen LogP) is 3.20. The standard InChI is InChI=1S/C22H21N3O5S/c1-11-3-5-14-15(9-23)20(31-18(14)7-11)24-19(26)10-25-16-6-4-13(22(28)29)8-17(16)30-12(2)21(25)27/h4,6,8,11-12H,3,5,7,10H2,1-2H3,(H,24,26)(H,28,29). The molecule has 9 heteroatoms. The molecule has 4 rings (SSSR count). The van der Waals surface area contributed by atoms with Gasteiger partial charge in [0.2, 0.25) is 5.91 Å². The number of nitrogens with zero attached hydrogens (tertiary/aromatic N) is 2. The molecule has 160 valence electrons. The maximum Gasteiger partial charge on any atom is 0.335 e. The second-order valence-electron chi connectivity index (χ2n) is 7.89. The van der Waals surface area contributed by atoms with Crippen molar-refractivity contribution in [2.45, 2.75) is 39.2 Å². The van der Waals surface area contributed by atoms with Gasteiger partial charge in [0.25, 0.3) is 5.91 Å². The zero-order chi connectivity index (χ0) is 22.3. The maximum absolute atomic E-state index is 12.8. The Kier molecular flexibility index (Phi) is 5.41. The topological polar surface area (TPSA) is 120 Å². The lowest BCUT2D eigenvalue weighted by atomic mass is 9.89. The summed E-state index contributed by atoms with van der Waals surface area (Å²) in [6.07, 6.45) is 1.88. The molecule has 0 spiro atoms. The van der Waals surface area contributed by atoms with Crippen molar-refractivity contribution in [2.75, 3.05) is 16.8 Å². The highest BCUT2D eigenvalue weighted by Crippen LogP contribution is 2.39. The number of nitriles is 1. The molecule has 0 saturated carbocycles. The van der Waals surface area contributed by atoms with Crippen LogP contribution in [0.5, 0.6) is 5.75 Å². The van der Waals surface area contributed by atoms with Crippen molar-refractivity contribution in [3.8, 4) is 11.8 Å². The molecule has 2 unspecified atom stereocenters. The van der Waals surface area contributed by atoms with Crippen molar-refractivity contribution in [1.82, 2.24) is 0 Å². The van der Waals surface area contributed by atoms with Crippen molar-refractivity contribution >= 4 is 39.8 Å². The minimum atomic E-state index is -1.11. The summed E-state index contributed by atoms with van der Waals surface area (Å²) in [6.45, 7) is 3.45. The fourth-order valence-corrected chi connectivity index (χ4v) is 5.35. The van der Waals surface area contributed by atoms with Crippen LogP contribution in [0.1, 0.15) is 46.6 Å². The van der Waals surface area contributed by atoms with E-state index in [1.807, 2.05) is 0 Å². The summed E-state index contributed by atoms with van der Waals surface area (Å²) in [6, 6.07) is 6.38. The summed E-state index contributed by atoms with van der Waals surface area (Å²) < 4.78 is 5.54. The number of benzene rings is 1. The van der Waals surface area contributed by atoms with E-state index in [1.54, 1.807) is 6.92 Å². The summed E-state index contributed by atoms with van der Waals surface area (Å²) in [5.74, 6) is -1.16. The van der Waals surface area contributed by atoms with Gasteiger partial charge in [-0.15, -0.1) is 11.3 Å². The number of carbonyl (C=O) groups is 3. The van der Waals surface area contributed by atoms with Crippen LogP contribution in [0.15, 0.2) is 18.2 Å². The quantitative estimate of drug-likeness (QED) is 0.755. The third kappa shape index (κ3) is 3.86. The molecule has 8 nitrogen and oxygen atoms in total. The Bertz CT molecular complexity index is 1130. The van der Waals surface area contributed by atoms with Gasteiger partial charge >= 0.3 is 5.97 Å². The van der Waals surface area contributed by atoms with E-state index in [9.17, 15) is 24.8 Å². The molecule has 2 heterocycles. The molecule has 1 aromatic heterocycles. The van der Waals surface area contributed by atoms with Crippen LogP contribution < -0.4 is 15.0 Å². The van der Waals surface area contributed by atoms with Crippen LogP contribution >= 0.6 is 11.3 Å². The van der Waals surface area contributed by atoms with Gasteiger partial charge in [-0.1, -0.05) is 6.92 Å². The SMILES string of the molecule is CC1CCc2c(sc(NC(=O)CN3C(=O)C(C)Oc4cc(C(=O)O)ccc43)c2C#N)C1. The van der Waals surface area contributed by atoms with Gasteiger partial charge in [0.1, 0.15) is 23.4 Å². The highest BCUT2D eigenvalue weighted by atomic mass is 32.1. The number of amides is 2. The van der Waals surface area contributed by atoms with E-state index in [0.29, 0.717) is 22.2 Å². The van der Waals surface area contributed by atoms with Crippen LogP contribution in [0.3, 0.4) is 0 Å². The molecule has 0 saturated heterocycles. The van der Waals surface area contributed by atoms with E-state index < -0.39 is 23.9 Å². The number of aromatic carboxylic acids is 1. The zero-order valence-electron chi connectivity index (χ0n) is 17.1. The largest absolute Gasteiger partial charge is 0.479 e. The Hall–Kier alpha value is -3.38. The molecule has 1 aromatic carbocycles. The summed E-state index contributed by atoms with van der Waals surface area (Å²) in [5, 5.41) is 22.1. The molecule has 0 bridgehead atoms. The molecule has 0 fully saturated rings. The molecule has 31 heavy (non-hydrogen) atoms. The number of carbonyl (C=O) groups excluding carboxylic acids is 2. The Morgan fingerprint density at radius 3 is 2.87 bits per heavy atom. The second kappa shape index (κ2) is 8.04. The summed E-state index contributed by atoms with van der Waals surface area (Å²) in [5.41, 5.74) is 1.89. The lowest BCUT2D eigenvalue weighted by molar-refractivity contribution is -0.127. The average Bonchev–Trinajstić information content (AvgIpc) is 3.06. The van der Waals surface area contributed by atoms with Crippen LogP contribution in [-0.4, -0.2) is 35.5 Å². The van der Waals surface area contributed by atoms with Gasteiger partial charge in [0, 0.05) is 4.88 Å². The zero-order valence-corrected chi connectivity index (χ0v) is 17.9. The fourth-order valence-electron chi connectivity index (χ4n) is 3.97. The number of hydrogen-bond donors (Lipinski definition) is 2. The van der Waals surface area contributed by atoms with Gasteiger partial charge in [-0.05, 0) is 55.9 Å². The Morgan fingerprint density at radius 2 is 2.16 bits per heavy atom.